The Morgan fingerprint density at radius 2 is 2.13 bits per heavy atom. The highest BCUT2D eigenvalue weighted by atomic mass is 16.5. The SMILES string of the molecule is COc1cccc(C(CNC(=O)CC2CCNCC2)N(C)C)c1. The summed E-state index contributed by atoms with van der Waals surface area (Å²) in [5.41, 5.74) is 1.15. The van der Waals surface area contributed by atoms with Gasteiger partial charge in [0, 0.05) is 13.0 Å². The Morgan fingerprint density at radius 1 is 1.39 bits per heavy atom. The van der Waals surface area contributed by atoms with E-state index in [2.05, 4.69) is 21.6 Å². The number of methoxy groups -OCH3 is 1. The third-order valence-electron chi connectivity index (χ3n) is 4.53. The molecule has 0 saturated carbocycles. The Bertz CT molecular complexity index is 499. The molecule has 1 aromatic carbocycles. The van der Waals surface area contributed by atoms with E-state index in [9.17, 15) is 4.79 Å². The highest BCUT2D eigenvalue weighted by Gasteiger charge is 2.19. The highest BCUT2D eigenvalue weighted by molar-refractivity contribution is 5.76. The van der Waals surface area contributed by atoms with Crippen LogP contribution in [-0.2, 0) is 4.79 Å². The van der Waals surface area contributed by atoms with Crippen molar-refractivity contribution in [2.75, 3.05) is 40.8 Å². The van der Waals surface area contributed by atoms with Crippen LogP contribution >= 0.6 is 0 Å². The van der Waals surface area contributed by atoms with E-state index in [1.165, 1.54) is 0 Å². The molecule has 5 nitrogen and oxygen atoms in total. The first-order valence-electron chi connectivity index (χ1n) is 8.38. The normalized spacial score (nSPS) is 17.0. The number of carbonyl (C=O) groups is 1. The predicted octanol–water partition coefficient (Wildman–Crippen LogP) is 1.80. The van der Waals surface area contributed by atoms with E-state index in [1.807, 2.05) is 32.3 Å². The maximum atomic E-state index is 12.2. The maximum absolute atomic E-state index is 12.2. The number of ether oxygens (including phenoxy) is 1. The standard InChI is InChI=1S/C18H29N3O2/c1-21(2)17(15-5-4-6-16(12-15)23-3)13-20-18(22)11-14-7-9-19-10-8-14/h4-6,12,14,17,19H,7-11,13H2,1-3H3,(H,20,22). The Hall–Kier alpha value is -1.59. The highest BCUT2D eigenvalue weighted by Crippen LogP contribution is 2.22. The van der Waals surface area contributed by atoms with E-state index in [4.69, 9.17) is 4.74 Å². The molecule has 0 aliphatic carbocycles. The topological polar surface area (TPSA) is 53.6 Å². The lowest BCUT2D eigenvalue weighted by Crippen LogP contribution is -2.36. The van der Waals surface area contributed by atoms with E-state index in [0.717, 1.165) is 37.2 Å². The number of carbonyl (C=O) groups excluding carboxylic acids is 1. The van der Waals surface area contributed by atoms with Gasteiger partial charge in [-0.05, 0) is 63.6 Å². The Morgan fingerprint density at radius 3 is 2.78 bits per heavy atom. The van der Waals surface area contributed by atoms with Crippen LogP contribution in [0.4, 0.5) is 0 Å². The summed E-state index contributed by atoms with van der Waals surface area (Å²) in [5.74, 6) is 1.52. The van der Waals surface area contributed by atoms with Crippen LogP contribution in [0.15, 0.2) is 24.3 Å². The molecular formula is C18H29N3O2. The van der Waals surface area contributed by atoms with Crippen LogP contribution in [0.2, 0.25) is 0 Å². The average Bonchev–Trinajstić information content (AvgIpc) is 2.56. The van der Waals surface area contributed by atoms with Crippen molar-refractivity contribution in [1.29, 1.82) is 0 Å². The smallest absolute Gasteiger partial charge is 0.220 e. The second-order valence-corrected chi connectivity index (χ2v) is 6.46. The van der Waals surface area contributed by atoms with E-state index in [-0.39, 0.29) is 11.9 Å². The van der Waals surface area contributed by atoms with Crippen LogP contribution in [-0.4, -0.2) is 51.6 Å². The monoisotopic (exact) mass is 319 g/mol. The zero-order valence-electron chi connectivity index (χ0n) is 14.5. The molecule has 2 rings (SSSR count). The number of nitrogens with one attached hydrogen (secondary N) is 2. The molecular weight excluding hydrogens is 290 g/mol. The second-order valence-electron chi connectivity index (χ2n) is 6.46. The average molecular weight is 319 g/mol. The summed E-state index contributed by atoms with van der Waals surface area (Å²) < 4.78 is 5.30. The molecule has 1 atom stereocenters. The van der Waals surface area contributed by atoms with E-state index < -0.39 is 0 Å². The van der Waals surface area contributed by atoms with Gasteiger partial charge in [0.25, 0.3) is 0 Å². The molecule has 0 aromatic heterocycles. The minimum absolute atomic E-state index is 0.141. The molecule has 0 spiro atoms. The number of nitrogens with zero attached hydrogens (tertiary/aromatic N) is 1. The van der Waals surface area contributed by atoms with Crippen LogP contribution in [0, 0.1) is 5.92 Å². The van der Waals surface area contributed by atoms with Crippen LogP contribution in [0.5, 0.6) is 5.75 Å². The molecule has 1 unspecified atom stereocenters. The molecule has 23 heavy (non-hydrogen) atoms. The third kappa shape index (κ3) is 5.52. The van der Waals surface area contributed by atoms with Crippen LogP contribution in [0.1, 0.15) is 30.9 Å². The summed E-state index contributed by atoms with van der Waals surface area (Å²) in [6, 6.07) is 8.17. The van der Waals surface area contributed by atoms with Crippen molar-refractivity contribution >= 4 is 5.91 Å². The van der Waals surface area contributed by atoms with Crippen LogP contribution in [0.3, 0.4) is 0 Å². The Balaban J connectivity index is 1.90. The number of rotatable bonds is 7. The number of hydrogen-bond donors (Lipinski definition) is 2. The molecule has 128 valence electrons. The summed E-state index contributed by atoms with van der Waals surface area (Å²) in [6.07, 6.45) is 2.83. The van der Waals surface area contributed by atoms with Crippen molar-refractivity contribution in [2.45, 2.75) is 25.3 Å². The minimum atomic E-state index is 0.141. The predicted molar refractivity (Wildman–Crippen MR) is 92.6 cm³/mol. The van der Waals surface area contributed by atoms with Gasteiger partial charge in [0.1, 0.15) is 5.75 Å². The molecule has 1 aliphatic heterocycles. The first-order valence-corrected chi connectivity index (χ1v) is 8.38. The molecule has 1 heterocycles. The molecule has 1 saturated heterocycles. The quantitative estimate of drug-likeness (QED) is 0.805. The summed E-state index contributed by atoms with van der Waals surface area (Å²) in [5, 5.41) is 6.44. The lowest BCUT2D eigenvalue weighted by molar-refractivity contribution is -0.122. The first kappa shape index (κ1) is 17.8. The van der Waals surface area contributed by atoms with Crippen LogP contribution < -0.4 is 15.4 Å². The summed E-state index contributed by atoms with van der Waals surface area (Å²) in [4.78, 5) is 14.3. The zero-order chi connectivity index (χ0) is 16.7. The Labute approximate surface area is 139 Å². The van der Waals surface area contributed by atoms with Crippen molar-refractivity contribution in [3.63, 3.8) is 0 Å². The molecule has 0 bridgehead atoms. The van der Waals surface area contributed by atoms with Crippen molar-refractivity contribution in [2.24, 2.45) is 5.92 Å². The second kappa shape index (κ2) is 8.89. The lowest BCUT2D eigenvalue weighted by atomic mass is 9.94. The summed E-state index contributed by atoms with van der Waals surface area (Å²) in [6.45, 7) is 2.67. The fourth-order valence-corrected chi connectivity index (χ4v) is 3.08. The molecule has 1 amide bonds. The van der Waals surface area contributed by atoms with Gasteiger partial charge in [-0.3, -0.25) is 4.79 Å². The van der Waals surface area contributed by atoms with E-state index in [0.29, 0.717) is 18.9 Å². The van der Waals surface area contributed by atoms with Gasteiger partial charge in [-0.2, -0.15) is 0 Å². The van der Waals surface area contributed by atoms with Gasteiger partial charge >= 0.3 is 0 Å². The van der Waals surface area contributed by atoms with Gasteiger partial charge in [0.15, 0.2) is 0 Å². The molecule has 2 N–H and O–H groups in total. The van der Waals surface area contributed by atoms with Gasteiger partial charge in [0.2, 0.25) is 5.91 Å². The first-order chi connectivity index (χ1) is 11.1. The number of hydrogen-bond acceptors (Lipinski definition) is 4. The molecule has 0 radical (unpaired) electrons. The van der Waals surface area contributed by atoms with Crippen molar-refractivity contribution in [1.82, 2.24) is 15.5 Å². The maximum Gasteiger partial charge on any atom is 0.220 e. The summed E-state index contributed by atoms with van der Waals surface area (Å²) in [7, 11) is 5.73. The molecule has 1 aromatic rings. The number of likely N-dealkylation sites (N-methyl/N-ethyl adjacent to an activating group) is 1. The molecule has 5 heteroatoms. The van der Waals surface area contributed by atoms with Gasteiger partial charge in [0.05, 0.1) is 13.2 Å². The van der Waals surface area contributed by atoms with Gasteiger partial charge in [-0.1, -0.05) is 12.1 Å². The van der Waals surface area contributed by atoms with E-state index >= 15 is 0 Å². The van der Waals surface area contributed by atoms with Gasteiger partial charge < -0.3 is 20.3 Å². The number of piperidine rings is 1. The minimum Gasteiger partial charge on any atom is -0.497 e. The summed E-state index contributed by atoms with van der Waals surface area (Å²) >= 11 is 0. The molecule has 1 fully saturated rings. The molecule has 1 aliphatic rings. The lowest BCUT2D eigenvalue weighted by Gasteiger charge is -2.26. The van der Waals surface area contributed by atoms with Crippen molar-refractivity contribution in [3.8, 4) is 5.75 Å². The van der Waals surface area contributed by atoms with Crippen LogP contribution in [0.25, 0.3) is 0 Å². The largest absolute Gasteiger partial charge is 0.497 e. The van der Waals surface area contributed by atoms with Crippen molar-refractivity contribution < 1.29 is 9.53 Å². The van der Waals surface area contributed by atoms with Gasteiger partial charge in [-0.15, -0.1) is 0 Å². The van der Waals surface area contributed by atoms with Crippen molar-refractivity contribution in [3.05, 3.63) is 29.8 Å². The number of amides is 1. The zero-order valence-corrected chi connectivity index (χ0v) is 14.5. The number of benzene rings is 1. The van der Waals surface area contributed by atoms with E-state index in [1.54, 1.807) is 7.11 Å². The fourth-order valence-electron chi connectivity index (χ4n) is 3.08. The van der Waals surface area contributed by atoms with Gasteiger partial charge in [-0.25, -0.2) is 0 Å². The third-order valence-corrected chi connectivity index (χ3v) is 4.53. The fraction of sp³-hybridized carbons (Fsp3) is 0.611. The Kier molecular flexibility index (Phi) is 6.86.